The molecule has 0 aliphatic carbocycles. The topological polar surface area (TPSA) is 134 Å². The maximum atomic E-state index is 15.8. The van der Waals surface area contributed by atoms with Gasteiger partial charge >= 0.3 is 5.92 Å². The summed E-state index contributed by atoms with van der Waals surface area (Å²) in [6.07, 6.45) is 1.77. The molecule has 1 unspecified atom stereocenters. The minimum absolute atomic E-state index is 0.283. The fourth-order valence-electron chi connectivity index (χ4n) is 4.03. The normalized spacial score (nSPS) is 12.6. The van der Waals surface area contributed by atoms with Gasteiger partial charge in [-0.3, -0.25) is 4.98 Å². The number of pyridine rings is 1. The molecule has 43 heavy (non-hydrogen) atoms. The molecule has 4 rings (SSSR count). The zero-order valence-electron chi connectivity index (χ0n) is 22.4. The fourth-order valence-corrected chi connectivity index (χ4v) is 4.03. The molecule has 8 nitrogen and oxygen atoms in total. The van der Waals surface area contributed by atoms with Gasteiger partial charge in [0.15, 0.2) is 5.60 Å². The van der Waals surface area contributed by atoms with Crippen molar-refractivity contribution in [3.8, 4) is 23.7 Å². The summed E-state index contributed by atoms with van der Waals surface area (Å²) in [5.41, 5.74) is 2.34. The van der Waals surface area contributed by atoms with Crippen molar-refractivity contribution in [2.75, 3.05) is 6.54 Å². The number of nitriles is 1. The van der Waals surface area contributed by atoms with Gasteiger partial charge in [0.25, 0.3) is 0 Å². The highest BCUT2D eigenvalue weighted by atomic mass is 19.3. The number of aromatic nitrogens is 1. The molecule has 0 saturated carbocycles. The van der Waals surface area contributed by atoms with E-state index in [9.17, 15) is 13.9 Å². The van der Waals surface area contributed by atoms with E-state index in [2.05, 4.69) is 28.0 Å². The Morgan fingerprint density at radius 2 is 1.60 bits per heavy atom. The van der Waals surface area contributed by atoms with Gasteiger partial charge in [-0.25, -0.2) is 19.7 Å². The van der Waals surface area contributed by atoms with Gasteiger partial charge in [0.1, 0.15) is 36.0 Å². The first-order valence-electron chi connectivity index (χ1n) is 12.6. The van der Waals surface area contributed by atoms with Crippen molar-refractivity contribution in [1.29, 1.82) is 5.26 Å². The molecule has 218 valence electrons. The quantitative estimate of drug-likeness (QED) is 0.0664. The first-order chi connectivity index (χ1) is 20.6. The van der Waals surface area contributed by atoms with Crippen LogP contribution in [0.5, 0.6) is 5.75 Å². The Hall–Kier alpha value is -5.43. The summed E-state index contributed by atoms with van der Waals surface area (Å²) in [5, 5.41) is 23.9. The molecular weight excluding hydrogens is 564 g/mol. The first-order valence-corrected chi connectivity index (χ1v) is 12.6. The second-order valence-electron chi connectivity index (χ2n) is 9.22. The zero-order chi connectivity index (χ0) is 31.0. The van der Waals surface area contributed by atoms with Crippen LogP contribution in [-0.4, -0.2) is 28.1 Å². The SMILES string of the molecule is N#Cc1ccc(COc2ccc(C#Cc3ccc(C(F)(F)C(O)(CN(N)/N=C\N)c4ccc(F)cc4F)nc3)cc2)cc1. The van der Waals surface area contributed by atoms with Gasteiger partial charge in [0, 0.05) is 29.0 Å². The summed E-state index contributed by atoms with van der Waals surface area (Å²) in [4.78, 5) is 3.76. The number of nitrogens with two attached hydrogens (primary N) is 2. The van der Waals surface area contributed by atoms with Gasteiger partial charge in [-0.15, -0.1) is 0 Å². The Morgan fingerprint density at radius 1 is 0.953 bits per heavy atom. The van der Waals surface area contributed by atoms with E-state index in [1.54, 1.807) is 48.5 Å². The van der Waals surface area contributed by atoms with E-state index >= 15 is 8.78 Å². The fraction of sp³-hybridized carbons (Fsp3) is 0.129. The van der Waals surface area contributed by atoms with Crippen LogP contribution in [0.2, 0.25) is 0 Å². The van der Waals surface area contributed by atoms with Crippen molar-refractivity contribution in [2.45, 2.75) is 18.1 Å². The van der Waals surface area contributed by atoms with Gasteiger partial charge in [-0.2, -0.15) is 19.1 Å². The number of nitrogens with zero attached hydrogens (tertiary/aromatic N) is 4. The van der Waals surface area contributed by atoms with Gasteiger partial charge in [0.05, 0.1) is 18.2 Å². The molecule has 0 saturated heterocycles. The average molecular weight is 589 g/mol. The van der Waals surface area contributed by atoms with Crippen LogP contribution in [0.3, 0.4) is 0 Å². The van der Waals surface area contributed by atoms with Crippen molar-refractivity contribution in [2.24, 2.45) is 16.7 Å². The highest BCUT2D eigenvalue weighted by molar-refractivity contribution is 5.50. The summed E-state index contributed by atoms with van der Waals surface area (Å²) < 4.78 is 65.4. The molecule has 0 fully saturated rings. The van der Waals surface area contributed by atoms with Crippen LogP contribution in [0.25, 0.3) is 0 Å². The van der Waals surface area contributed by atoms with Crippen molar-refractivity contribution < 1.29 is 27.4 Å². The smallest absolute Gasteiger partial charge is 0.323 e. The summed E-state index contributed by atoms with van der Waals surface area (Å²) in [6.45, 7) is -0.807. The lowest BCUT2D eigenvalue weighted by Gasteiger charge is -2.37. The standard InChI is InChI=1S/C31H24F4N6O2/c32-25-10-13-27(28(33)15-25)30(42,19-41(38)40-20-37)31(34,35)29-14-9-23(17-39-29)4-1-21-7-11-26(12-8-21)43-18-24-5-2-22(16-36)3-6-24/h2-3,5-15,17,20,42H,18-19,38H2,(H2,37,40). The number of aliphatic hydroxyl groups is 1. The number of benzene rings is 3. The molecule has 0 aliphatic heterocycles. The van der Waals surface area contributed by atoms with Crippen molar-refractivity contribution in [3.05, 3.63) is 130 Å². The largest absolute Gasteiger partial charge is 0.489 e. The Balaban J connectivity index is 1.50. The molecule has 1 atom stereocenters. The second kappa shape index (κ2) is 13.0. The minimum atomic E-state index is -4.23. The molecule has 1 aromatic heterocycles. The zero-order valence-corrected chi connectivity index (χ0v) is 22.4. The highest BCUT2D eigenvalue weighted by Gasteiger charge is 2.58. The summed E-state index contributed by atoms with van der Waals surface area (Å²) in [7, 11) is 0. The monoisotopic (exact) mass is 588 g/mol. The number of alkyl halides is 2. The first kappa shape index (κ1) is 30.5. The van der Waals surface area contributed by atoms with Crippen LogP contribution in [0.1, 0.15) is 33.5 Å². The summed E-state index contributed by atoms with van der Waals surface area (Å²) in [5.74, 6) is 5.19. The molecule has 1 heterocycles. The van der Waals surface area contributed by atoms with E-state index in [1.165, 1.54) is 6.07 Å². The molecule has 0 amide bonds. The maximum absolute atomic E-state index is 15.8. The van der Waals surface area contributed by atoms with E-state index in [4.69, 9.17) is 21.6 Å². The third-order valence-corrected chi connectivity index (χ3v) is 6.28. The van der Waals surface area contributed by atoms with Crippen molar-refractivity contribution in [3.63, 3.8) is 0 Å². The van der Waals surface area contributed by atoms with E-state index in [0.717, 1.165) is 23.9 Å². The maximum Gasteiger partial charge on any atom is 0.323 e. The highest BCUT2D eigenvalue weighted by Crippen LogP contribution is 2.46. The number of hydrazone groups is 1. The second-order valence-corrected chi connectivity index (χ2v) is 9.22. The van der Waals surface area contributed by atoms with Crippen LogP contribution >= 0.6 is 0 Å². The number of rotatable bonds is 9. The minimum Gasteiger partial charge on any atom is -0.489 e. The third kappa shape index (κ3) is 7.08. The molecule has 0 spiro atoms. The predicted molar refractivity (Wildman–Crippen MR) is 150 cm³/mol. The summed E-state index contributed by atoms with van der Waals surface area (Å²) in [6, 6.07) is 19.9. The number of hydrogen-bond acceptors (Lipinski definition) is 7. The average Bonchev–Trinajstić information content (AvgIpc) is 3.00. The molecule has 4 aromatic rings. The van der Waals surface area contributed by atoms with Gasteiger partial charge < -0.3 is 15.6 Å². The van der Waals surface area contributed by atoms with Crippen LogP contribution in [-0.2, 0) is 18.1 Å². The summed E-state index contributed by atoms with van der Waals surface area (Å²) >= 11 is 0. The third-order valence-electron chi connectivity index (χ3n) is 6.28. The molecule has 3 aromatic carbocycles. The Kier molecular flexibility index (Phi) is 9.26. The number of halogens is 4. The number of hydrogen-bond donors (Lipinski definition) is 3. The number of ether oxygens (including phenoxy) is 1. The lowest BCUT2D eigenvalue weighted by Crippen LogP contribution is -2.53. The van der Waals surface area contributed by atoms with Crippen LogP contribution in [0.4, 0.5) is 17.6 Å². The van der Waals surface area contributed by atoms with Gasteiger partial charge in [0.2, 0.25) is 0 Å². The van der Waals surface area contributed by atoms with Crippen LogP contribution < -0.4 is 16.3 Å². The molecule has 0 aliphatic rings. The lowest BCUT2D eigenvalue weighted by molar-refractivity contribution is -0.208. The number of hydrazine groups is 1. The molecule has 12 heteroatoms. The van der Waals surface area contributed by atoms with E-state index in [1.807, 2.05) is 0 Å². The van der Waals surface area contributed by atoms with Crippen molar-refractivity contribution in [1.82, 2.24) is 10.1 Å². The van der Waals surface area contributed by atoms with Gasteiger partial charge in [-0.05, 0) is 66.2 Å². The van der Waals surface area contributed by atoms with E-state index in [-0.39, 0.29) is 5.56 Å². The van der Waals surface area contributed by atoms with Crippen molar-refractivity contribution >= 4 is 6.34 Å². The van der Waals surface area contributed by atoms with E-state index in [0.29, 0.717) is 47.1 Å². The molecule has 0 bridgehead atoms. The molecular formula is C31H24F4N6O2. The lowest BCUT2D eigenvalue weighted by atomic mass is 9.84. The van der Waals surface area contributed by atoms with Gasteiger partial charge in [-0.1, -0.05) is 24.0 Å². The van der Waals surface area contributed by atoms with E-state index < -0.39 is 41.0 Å². The van der Waals surface area contributed by atoms with Crippen LogP contribution in [0.15, 0.2) is 90.2 Å². The molecule has 0 radical (unpaired) electrons. The molecule has 5 N–H and O–H groups in total. The Bertz CT molecular complexity index is 1700. The predicted octanol–water partition coefficient (Wildman–Crippen LogP) is 4.27. The Morgan fingerprint density at radius 3 is 2.21 bits per heavy atom. The van der Waals surface area contributed by atoms with Crippen LogP contribution in [0, 0.1) is 34.8 Å². The Labute approximate surface area is 244 Å².